The highest BCUT2D eigenvalue weighted by Gasteiger charge is 2.41. The third-order valence-electron chi connectivity index (χ3n) is 3.12. The Morgan fingerprint density at radius 2 is 1.75 bits per heavy atom. The van der Waals surface area contributed by atoms with Crippen molar-refractivity contribution < 1.29 is 13.7 Å². The molecule has 2 aromatic carbocycles. The molecule has 100 valence electrons. The lowest BCUT2D eigenvalue weighted by atomic mass is 10.1. The van der Waals surface area contributed by atoms with Crippen LogP contribution < -0.4 is 5.73 Å². The van der Waals surface area contributed by atoms with E-state index in [2.05, 4.69) is 0 Å². The van der Waals surface area contributed by atoms with Crippen LogP contribution in [0.25, 0.3) is 5.70 Å². The molecule has 0 aromatic heterocycles. The summed E-state index contributed by atoms with van der Waals surface area (Å²) in [6.45, 7) is 0. The van der Waals surface area contributed by atoms with Crippen LogP contribution in [0.15, 0.2) is 58.3 Å². The van der Waals surface area contributed by atoms with E-state index in [1.54, 1.807) is 24.3 Å². The zero-order valence-corrected chi connectivity index (χ0v) is 11.1. The van der Waals surface area contributed by atoms with E-state index in [1.807, 2.05) is 0 Å². The highest BCUT2D eigenvalue weighted by molar-refractivity contribution is 7.97. The van der Waals surface area contributed by atoms with E-state index < -0.39 is 17.0 Å². The highest BCUT2D eigenvalue weighted by atomic mass is 32.2. The van der Waals surface area contributed by atoms with Gasteiger partial charge in [-0.3, -0.25) is 4.79 Å². The first-order valence-corrected chi connectivity index (χ1v) is 7.06. The Bertz CT molecular complexity index is 725. The fourth-order valence-corrected chi connectivity index (χ4v) is 3.49. The van der Waals surface area contributed by atoms with Crippen molar-refractivity contribution in [2.75, 3.05) is 0 Å². The van der Waals surface area contributed by atoms with Crippen LogP contribution in [0.5, 0.6) is 0 Å². The molecular weight excluding hydrogens is 277 g/mol. The largest absolute Gasteiger partial charge is 0.606 e. The lowest BCUT2D eigenvalue weighted by molar-refractivity contribution is 0.104. The standard InChI is InChI=1S/C15H10FNO2S/c16-10-7-5-9(6-8-10)13(17)15-14(18)11-3-1-2-4-12(11)20(15)19/h1-8H,17H2. The van der Waals surface area contributed by atoms with Crippen molar-refractivity contribution in [3.8, 4) is 0 Å². The summed E-state index contributed by atoms with van der Waals surface area (Å²) in [6, 6.07) is 12.1. The Labute approximate surface area is 118 Å². The normalized spacial score (nSPS) is 19.9. The number of benzene rings is 2. The quantitative estimate of drug-likeness (QED) is 0.647. The molecule has 0 saturated carbocycles. The fraction of sp³-hybridized carbons (Fsp3) is 0. The summed E-state index contributed by atoms with van der Waals surface area (Å²) in [6.07, 6.45) is 0. The maximum absolute atomic E-state index is 12.9. The van der Waals surface area contributed by atoms with Crippen molar-refractivity contribution in [1.29, 1.82) is 0 Å². The maximum atomic E-state index is 12.9. The van der Waals surface area contributed by atoms with E-state index in [1.165, 1.54) is 24.3 Å². The molecule has 0 fully saturated rings. The van der Waals surface area contributed by atoms with E-state index in [0.29, 0.717) is 16.0 Å². The number of carbonyl (C=O) groups is 1. The van der Waals surface area contributed by atoms with Gasteiger partial charge in [0.1, 0.15) is 5.82 Å². The van der Waals surface area contributed by atoms with Crippen molar-refractivity contribution >= 4 is 22.7 Å². The van der Waals surface area contributed by atoms with Crippen LogP contribution in [0, 0.1) is 5.82 Å². The molecule has 0 spiro atoms. The molecule has 1 unspecified atom stereocenters. The molecule has 3 rings (SSSR count). The van der Waals surface area contributed by atoms with Gasteiger partial charge in [-0.25, -0.2) is 4.39 Å². The number of carbonyl (C=O) groups excluding carboxylic acids is 1. The lowest BCUT2D eigenvalue weighted by Gasteiger charge is -2.07. The van der Waals surface area contributed by atoms with Crippen molar-refractivity contribution in [2.45, 2.75) is 4.90 Å². The fourth-order valence-electron chi connectivity index (χ4n) is 2.12. The number of nitrogens with two attached hydrogens (primary N) is 1. The van der Waals surface area contributed by atoms with Crippen molar-refractivity contribution in [2.24, 2.45) is 5.73 Å². The Balaban J connectivity index is 2.13. The molecule has 1 heterocycles. The van der Waals surface area contributed by atoms with Crippen molar-refractivity contribution in [3.05, 3.63) is 70.4 Å². The molecule has 5 heteroatoms. The van der Waals surface area contributed by atoms with Gasteiger partial charge in [0, 0.05) is 16.7 Å². The highest BCUT2D eigenvalue weighted by Crippen LogP contribution is 2.36. The van der Waals surface area contributed by atoms with Crippen LogP contribution in [0.4, 0.5) is 4.39 Å². The first kappa shape index (κ1) is 12.9. The molecular formula is C15H10FNO2S. The van der Waals surface area contributed by atoms with Gasteiger partial charge in [0.05, 0.1) is 11.3 Å². The summed E-state index contributed by atoms with van der Waals surface area (Å²) in [7, 11) is 0. The Kier molecular flexibility index (Phi) is 3.08. The third-order valence-corrected chi connectivity index (χ3v) is 4.65. The van der Waals surface area contributed by atoms with E-state index >= 15 is 0 Å². The molecule has 1 aliphatic rings. The summed E-state index contributed by atoms with van der Waals surface area (Å²) < 4.78 is 25.3. The van der Waals surface area contributed by atoms with Crippen molar-refractivity contribution in [3.63, 3.8) is 0 Å². The predicted octanol–water partition coefficient (Wildman–Crippen LogP) is 2.46. The first-order chi connectivity index (χ1) is 9.59. The Morgan fingerprint density at radius 1 is 1.10 bits per heavy atom. The van der Waals surface area contributed by atoms with Gasteiger partial charge in [0.25, 0.3) is 0 Å². The van der Waals surface area contributed by atoms with Crippen molar-refractivity contribution in [1.82, 2.24) is 0 Å². The van der Waals surface area contributed by atoms with Crippen LogP contribution in [0.3, 0.4) is 0 Å². The Morgan fingerprint density at radius 3 is 2.40 bits per heavy atom. The number of halogens is 1. The predicted molar refractivity (Wildman–Crippen MR) is 74.7 cm³/mol. The number of rotatable bonds is 1. The molecule has 2 aromatic rings. The van der Waals surface area contributed by atoms with E-state index in [-0.39, 0.29) is 16.4 Å². The summed E-state index contributed by atoms with van der Waals surface area (Å²) in [5, 5.41) is 0. The zero-order chi connectivity index (χ0) is 14.3. The number of ketones is 1. The summed E-state index contributed by atoms with van der Waals surface area (Å²) in [5.41, 5.74) is 6.97. The number of allylic oxidation sites excluding steroid dienone is 1. The zero-order valence-electron chi connectivity index (χ0n) is 10.3. The summed E-state index contributed by atoms with van der Waals surface area (Å²) >= 11 is -1.59. The first-order valence-electron chi connectivity index (χ1n) is 5.91. The molecule has 20 heavy (non-hydrogen) atoms. The lowest BCUT2D eigenvalue weighted by Crippen LogP contribution is -2.11. The topological polar surface area (TPSA) is 66.2 Å². The number of hydrogen-bond acceptors (Lipinski definition) is 3. The maximum Gasteiger partial charge on any atom is 0.248 e. The molecule has 0 aliphatic carbocycles. The van der Waals surface area contributed by atoms with Gasteiger partial charge >= 0.3 is 0 Å². The average Bonchev–Trinajstić information content (AvgIpc) is 2.72. The molecule has 0 bridgehead atoms. The minimum Gasteiger partial charge on any atom is -0.606 e. The molecule has 1 atom stereocenters. The third kappa shape index (κ3) is 1.92. The molecule has 0 saturated heterocycles. The van der Waals surface area contributed by atoms with Gasteiger partial charge in [0.15, 0.2) is 4.90 Å². The Hall–Kier alpha value is -2.11. The van der Waals surface area contributed by atoms with Gasteiger partial charge in [0.2, 0.25) is 10.7 Å². The van der Waals surface area contributed by atoms with E-state index in [9.17, 15) is 13.7 Å². The minimum atomic E-state index is -1.59. The summed E-state index contributed by atoms with van der Waals surface area (Å²) in [5.74, 6) is -0.727. The van der Waals surface area contributed by atoms with Crippen LogP contribution in [0.1, 0.15) is 15.9 Å². The van der Waals surface area contributed by atoms with Crippen LogP contribution >= 0.6 is 0 Å². The number of Topliss-reactive ketones (excluding diaryl/α,β-unsaturated/α-hetero) is 1. The van der Waals surface area contributed by atoms with Crippen LogP contribution in [0.2, 0.25) is 0 Å². The number of fused-ring (bicyclic) bond motifs is 1. The van der Waals surface area contributed by atoms with E-state index in [0.717, 1.165) is 0 Å². The van der Waals surface area contributed by atoms with Gasteiger partial charge in [-0.1, -0.05) is 12.1 Å². The molecule has 2 N–H and O–H groups in total. The second-order valence-electron chi connectivity index (χ2n) is 4.34. The molecule has 1 aliphatic heterocycles. The SMILES string of the molecule is NC(=C1C(=O)c2ccccc2[S+]1[O-])c1ccc(F)cc1. The molecule has 0 radical (unpaired) electrons. The van der Waals surface area contributed by atoms with Gasteiger partial charge in [-0.05, 0) is 36.4 Å². The number of hydrogen-bond donors (Lipinski definition) is 1. The summed E-state index contributed by atoms with van der Waals surface area (Å²) in [4.78, 5) is 12.8. The minimum absolute atomic E-state index is 0.0674. The smallest absolute Gasteiger partial charge is 0.248 e. The van der Waals surface area contributed by atoms with Gasteiger partial charge in [-0.15, -0.1) is 0 Å². The second kappa shape index (κ2) is 4.77. The monoisotopic (exact) mass is 287 g/mol. The molecule has 3 nitrogen and oxygen atoms in total. The average molecular weight is 287 g/mol. The second-order valence-corrected chi connectivity index (χ2v) is 5.73. The van der Waals surface area contributed by atoms with Crippen LogP contribution in [-0.4, -0.2) is 10.3 Å². The molecule has 0 amide bonds. The van der Waals surface area contributed by atoms with Crippen LogP contribution in [-0.2, 0) is 11.2 Å². The van der Waals surface area contributed by atoms with E-state index in [4.69, 9.17) is 5.73 Å². The van der Waals surface area contributed by atoms with Gasteiger partial charge < -0.3 is 10.3 Å². The van der Waals surface area contributed by atoms with Gasteiger partial charge in [-0.2, -0.15) is 0 Å².